The number of cyclic esters (lactones) is 1. The molecule has 27 heavy (non-hydrogen) atoms. The molecular formula is C23H28O4. The summed E-state index contributed by atoms with van der Waals surface area (Å²) in [6, 6.07) is 7.67. The number of carbonyl (C=O) groups is 2. The second-order valence-electron chi connectivity index (χ2n) is 6.88. The Hall–Kier alpha value is -2.38. The second-order valence-corrected chi connectivity index (χ2v) is 6.88. The van der Waals surface area contributed by atoms with Crippen LogP contribution >= 0.6 is 0 Å². The molecule has 0 aliphatic carbocycles. The molecule has 1 aromatic rings. The molecule has 2 unspecified atom stereocenters. The zero-order valence-electron chi connectivity index (χ0n) is 15.9. The van der Waals surface area contributed by atoms with E-state index in [1.54, 1.807) is 0 Å². The van der Waals surface area contributed by atoms with Crippen LogP contribution in [0, 0.1) is 11.8 Å². The summed E-state index contributed by atoms with van der Waals surface area (Å²) < 4.78 is 5.15. The first-order chi connectivity index (χ1) is 13.1. The monoisotopic (exact) mass is 368 g/mol. The quantitative estimate of drug-likeness (QED) is 0.250. The Bertz CT molecular complexity index is 723. The number of carbonyl (C=O) groups excluding carboxylic acids is 2. The van der Waals surface area contributed by atoms with Crippen LogP contribution in [0.3, 0.4) is 0 Å². The van der Waals surface area contributed by atoms with Gasteiger partial charge in [0.2, 0.25) is 5.78 Å². The van der Waals surface area contributed by atoms with Gasteiger partial charge in [-0.25, -0.2) is 4.79 Å². The van der Waals surface area contributed by atoms with Crippen LogP contribution in [0.25, 0.3) is 0 Å². The number of rotatable bonds is 8. The highest BCUT2D eigenvalue weighted by Gasteiger charge is 2.27. The predicted molar refractivity (Wildman–Crippen MR) is 105 cm³/mol. The van der Waals surface area contributed by atoms with E-state index in [4.69, 9.17) is 4.74 Å². The molecule has 1 aliphatic rings. The normalized spacial score (nSPS) is 18.1. The Morgan fingerprint density at radius 1 is 1.30 bits per heavy atom. The summed E-state index contributed by atoms with van der Waals surface area (Å²) in [7, 11) is 0. The zero-order chi connectivity index (χ0) is 19.5. The van der Waals surface area contributed by atoms with Gasteiger partial charge in [-0.3, -0.25) is 4.79 Å². The van der Waals surface area contributed by atoms with E-state index in [1.807, 2.05) is 30.3 Å². The summed E-state index contributed by atoms with van der Waals surface area (Å²) in [5.74, 6) is 4.70. The molecule has 4 heteroatoms. The standard InChI is InChI=1S/C23H28O4/c1-2-3-4-5-6-7-11-20(24)13-12-18-9-8-10-19(16-18)17-21-14-15-22(25)23(26)27-21/h6-10,16,20-21,24H,2-5,11,14-15,17H2,1H3. The van der Waals surface area contributed by atoms with Crippen LogP contribution in [-0.4, -0.2) is 29.1 Å². The minimum atomic E-state index is -0.729. The molecule has 1 N–H and O–H groups in total. The number of benzene rings is 1. The van der Waals surface area contributed by atoms with Gasteiger partial charge in [0.05, 0.1) is 0 Å². The molecule has 0 saturated carbocycles. The van der Waals surface area contributed by atoms with Crippen LogP contribution in [0.15, 0.2) is 36.4 Å². The molecule has 1 aromatic carbocycles. The van der Waals surface area contributed by atoms with E-state index in [2.05, 4.69) is 24.8 Å². The Morgan fingerprint density at radius 2 is 2.15 bits per heavy atom. The lowest BCUT2D eigenvalue weighted by Gasteiger charge is -2.21. The molecule has 0 spiro atoms. The molecule has 0 bridgehead atoms. The molecule has 2 atom stereocenters. The maximum Gasteiger partial charge on any atom is 0.374 e. The molecular weight excluding hydrogens is 340 g/mol. The van der Waals surface area contributed by atoms with E-state index < -0.39 is 17.9 Å². The van der Waals surface area contributed by atoms with Crippen molar-refractivity contribution in [1.82, 2.24) is 0 Å². The van der Waals surface area contributed by atoms with Crippen LogP contribution in [0.2, 0.25) is 0 Å². The third-order valence-electron chi connectivity index (χ3n) is 4.47. The van der Waals surface area contributed by atoms with Crippen molar-refractivity contribution in [3.8, 4) is 11.8 Å². The third kappa shape index (κ3) is 7.80. The summed E-state index contributed by atoms with van der Waals surface area (Å²) in [5, 5.41) is 9.98. The van der Waals surface area contributed by atoms with Crippen LogP contribution in [0.5, 0.6) is 0 Å². The van der Waals surface area contributed by atoms with Gasteiger partial charge in [0.1, 0.15) is 12.2 Å². The molecule has 0 radical (unpaired) electrons. The first-order valence-electron chi connectivity index (χ1n) is 9.76. The van der Waals surface area contributed by atoms with Gasteiger partial charge >= 0.3 is 5.97 Å². The molecule has 1 heterocycles. The van der Waals surface area contributed by atoms with Crippen molar-refractivity contribution >= 4 is 11.8 Å². The Labute approximate surface area is 161 Å². The van der Waals surface area contributed by atoms with Crippen molar-refractivity contribution in [3.05, 3.63) is 47.5 Å². The van der Waals surface area contributed by atoms with E-state index in [0.717, 1.165) is 17.5 Å². The van der Waals surface area contributed by atoms with Crippen molar-refractivity contribution in [3.63, 3.8) is 0 Å². The highest BCUT2D eigenvalue weighted by Crippen LogP contribution is 2.17. The van der Waals surface area contributed by atoms with E-state index in [9.17, 15) is 14.7 Å². The number of hydrogen-bond donors (Lipinski definition) is 1. The van der Waals surface area contributed by atoms with Crippen molar-refractivity contribution < 1.29 is 19.4 Å². The summed E-state index contributed by atoms with van der Waals surface area (Å²) in [4.78, 5) is 22.6. The molecule has 0 aromatic heterocycles. The fourth-order valence-electron chi connectivity index (χ4n) is 2.93. The van der Waals surface area contributed by atoms with E-state index in [0.29, 0.717) is 19.3 Å². The lowest BCUT2D eigenvalue weighted by atomic mass is 9.99. The molecule has 4 nitrogen and oxygen atoms in total. The Balaban J connectivity index is 1.84. The number of aliphatic hydroxyl groups is 1. The fourth-order valence-corrected chi connectivity index (χ4v) is 2.93. The van der Waals surface area contributed by atoms with E-state index >= 15 is 0 Å². The predicted octanol–water partition coefficient (Wildman–Crippen LogP) is 3.74. The van der Waals surface area contributed by atoms with Gasteiger partial charge in [0, 0.05) is 24.8 Å². The number of hydrogen-bond acceptors (Lipinski definition) is 4. The SMILES string of the molecule is CCCCCC=CCC(O)C#Cc1cccc(CC2CCC(=O)C(=O)O2)c1. The smallest absolute Gasteiger partial charge is 0.374 e. The van der Waals surface area contributed by atoms with Gasteiger partial charge in [-0.1, -0.05) is 55.9 Å². The molecule has 1 saturated heterocycles. The summed E-state index contributed by atoms with van der Waals surface area (Å²) in [6.45, 7) is 2.18. The van der Waals surface area contributed by atoms with E-state index in [-0.39, 0.29) is 12.5 Å². The lowest BCUT2D eigenvalue weighted by Crippen LogP contribution is -2.32. The van der Waals surface area contributed by atoms with Crippen molar-refractivity contribution in [1.29, 1.82) is 0 Å². The highest BCUT2D eigenvalue weighted by atomic mass is 16.5. The van der Waals surface area contributed by atoms with Gasteiger partial charge in [0.25, 0.3) is 0 Å². The van der Waals surface area contributed by atoms with Crippen molar-refractivity contribution in [2.24, 2.45) is 0 Å². The summed E-state index contributed by atoms with van der Waals surface area (Å²) in [5.41, 5.74) is 1.82. The molecule has 144 valence electrons. The first-order valence-corrected chi connectivity index (χ1v) is 9.76. The number of unbranched alkanes of at least 4 members (excludes halogenated alkanes) is 3. The topological polar surface area (TPSA) is 63.6 Å². The largest absolute Gasteiger partial charge is 0.456 e. The number of allylic oxidation sites excluding steroid dienone is 1. The summed E-state index contributed by atoms with van der Waals surface area (Å²) in [6.07, 6.45) is 9.75. The average Bonchev–Trinajstić information content (AvgIpc) is 2.66. The maximum atomic E-state index is 11.4. The van der Waals surface area contributed by atoms with Gasteiger partial charge in [0.15, 0.2) is 0 Å². The number of ketones is 1. The molecule has 2 rings (SSSR count). The number of aliphatic hydroxyl groups excluding tert-OH is 1. The van der Waals surface area contributed by atoms with Gasteiger partial charge < -0.3 is 9.84 Å². The van der Waals surface area contributed by atoms with Crippen LogP contribution in [0.1, 0.15) is 63.0 Å². The van der Waals surface area contributed by atoms with E-state index in [1.165, 1.54) is 19.3 Å². The minimum Gasteiger partial charge on any atom is -0.456 e. The number of esters is 1. The van der Waals surface area contributed by atoms with Crippen molar-refractivity contribution in [2.75, 3.05) is 0 Å². The first kappa shape index (κ1) is 20.9. The van der Waals surface area contributed by atoms with Crippen LogP contribution < -0.4 is 0 Å². The highest BCUT2D eigenvalue weighted by molar-refractivity contribution is 6.34. The molecule has 1 aliphatic heterocycles. The van der Waals surface area contributed by atoms with Gasteiger partial charge in [-0.2, -0.15) is 0 Å². The third-order valence-corrected chi connectivity index (χ3v) is 4.47. The minimum absolute atomic E-state index is 0.251. The molecule has 0 amide bonds. The maximum absolute atomic E-state index is 11.4. The van der Waals surface area contributed by atoms with Crippen LogP contribution in [0.4, 0.5) is 0 Å². The van der Waals surface area contributed by atoms with Gasteiger partial charge in [-0.05, 0) is 37.0 Å². The fraction of sp³-hybridized carbons (Fsp3) is 0.478. The summed E-state index contributed by atoms with van der Waals surface area (Å²) >= 11 is 0. The van der Waals surface area contributed by atoms with Gasteiger partial charge in [-0.15, -0.1) is 0 Å². The number of Topliss-reactive ketones (excluding diaryl/α,β-unsaturated/α-hetero) is 1. The second kappa shape index (κ2) is 11.4. The number of ether oxygens (including phenoxy) is 1. The molecule has 1 fully saturated rings. The Morgan fingerprint density at radius 3 is 2.93 bits per heavy atom. The Kier molecular flexibility index (Phi) is 8.80. The van der Waals surface area contributed by atoms with Crippen molar-refractivity contribution in [2.45, 2.75) is 70.5 Å². The van der Waals surface area contributed by atoms with Crippen LogP contribution in [-0.2, 0) is 20.7 Å². The zero-order valence-corrected chi connectivity index (χ0v) is 15.9. The average molecular weight is 368 g/mol. The lowest BCUT2D eigenvalue weighted by molar-refractivity contribution is -0.162.